The van der Waals surface area contributed by atoms with E-state index < -0.39 is 0 Å². The maximum Gasteiger partial charge on any atom is 0.231 e. The molecule has 13 heavy (non-hydrogen) atoms. The first kappa shape index (κ1) is 8.30. The third kappa shape index (κ3) is 1.13. The molecule has 1 aliphatic heterocycles. The fraction of sp³-hybridized carbons (Fsp3) is 0.364. The van der Waals surface area contributed by atoms with Gasteiger partial charge in [0.15, 0.2) is 0 Å². The highest BCUT2D eigenvalue weighted by atomic mass is 16.2. The number of benzene rings is 1. The van der Waals surface area contributed by atoms with E-state index in [1.54, 1.807) is 4.90 Å². The zero-order valence-corrected chi connectivity index (χ0v) is 8.22. The van der Waals surface area contributed by atoms with Gasteiger partial charge in [-0.1, -0.05) is 17.7 Å². The molecule has 1 aliphatic rings. The van der Waals surface area contributed by atoms with Gasteiger partial charge < -0.3 is 4.90 Å². The molecule has 0 bridgehead atoms. The van der Waals surface area contributed by atoms with Crippen LogP contribution in [0, 0.1) is 13.8 Å². The number of anilines is 1. The van der Waals surface area contributed by atoms with Gasteiger partial charge in [-0.25, -0.2) is 0 Å². The summed E-state index contributed by atoms with van der Waals surface area (Å²) < 4.78 is 0. The highest BCUT2D eigenvalue weighted by Crippen LogP contribution is 2.31. The van der Waals surface area contributed by atoms with Gasteiger partial charge in [0.05, 0.1) is 6.42 Å². The average molecular weight is 175 g/mol. The Morgan fingerprint density at radius 1 is 1.31 bits per heavy atom. The second kappa shape index (κ2) is 2.59. The largest absolute Gasteiger partial charge is 0.315 e. The Hall–Kier alpha value is -1.31. The van der Waals surface area contributed by atoms with Crippen LogP contribution in [0.4, 0.5) is 5.69 Å². The summed E-state index contributed by atoms with van der Waals surface area (Å²) in [4.78, 5) is 13.2. The van der Waals surface area contributed by atoms with E-state index in [0.717, 1.165) is 5.69 Å². The highest BCUT2D eigenvalue weighted by Gasteiger charge is 2.25. The predicted molar refractivity (Wildman–Crippen MR) is 53.0 cm³/mol. The number of likely N-dealkylation sites (N-methyl/N-ethyl adjacent to an activating group) is 1. The molecule has 1 amide bonds. The zero-order chi connectivity index (χ0) is 9.59. The van der Waals surface area contributed by atoms with E-state index in [1.165, 1.54) is 16.7 Å². The van der Waals surface area contributed by atoms with E-state index in [1.807, 2.05) is 7.05 Å². The summed E-state index contributed by atoms with van der Waals surface area (Å²) in [5.74, 6) is 0.198. The Morgan fingerprint density at radius 2 is 2.00 bits per heavy atom. The fourth-order valence-corrected chi connectivity index (χ4v) is 2.07. The number of rotatable bonds is 0. The zero-order valence-electron chi connectivity index (χ0n) is 8.22. The number of hydrogen-bond donors (Lipinski definition) is 0. The standard InChI is InChI=1S/C11H13NO/c1-7-4-8(2)11-9(5-7)6-10(13)12(11)3/h4-5H,6H2,1-3H3. The van der Waals surface area contributed by atoms with Crippen molar-refractivity contribution >= 4 is 11.6 Å². The Labute approximate surface area is 78.2 Å². The minimum atomic E-state index is 0.198. The third-order valence-corrected chi connectivity index (χ3v) is 2.57. The maximum atomic E-state index is 11.4. The molecule has 0 radical (unpaired) electrons. The molecule has 0 saturated carbocycles. The lowest BCUT2D eigenvalue weighted by atomic mass is 10.0. The SMILES string of the molecule is Cc1cc(C)c2c(c1)CC(=O)N2C. The van der Waals surface area contributed by atoms with Crippen LogP contribution in [0.25, 0.3) is 0 Å². The Balaban J connectivity index is 2.64. The summed E-state index contributed by atoms with van der Waals surface area (Å²) in [6, 6.07) is 4.22. The Kier molecular flexibility index (Phi) is 1.65. The van der Waals surface area contributed by atoms with E-state index in [9.17, 15) is 4.79 Å². The summed E-state index contributed by atoms with van der Waals surface area (Å²) in [6.45, 7) is 4.12. The third-order valence-electron chi connectivity index (χ3n) is 2.57. The van der Waals surface area contributed by atoms with Crippen molar-refractivity contribution in [3.63, 3.8) is 0 Å². The molecule has 0 atom stereocenters. The van der Waals surface area contributed by atoms with Gasteiger partial charge in [0.1, 0.15) is 0 Å². The van der Waals surface area contributed by atoms with Gasteiger partial charge in [0.25, 0.3) is 0 Å². The van der Waals surface area contributed by atoms with Crippen LogP contribution in [0.1, 0.15) is 16.7 Å². The van der Waals surface area contributed by atoms with Crippen LogP contribution in [0.3, 0.4) is 0 Å². The second-order valence-corrected chi connectivity index (χ2v) is 3.72. The quantitative estimate of drug-likeness (QED) is 0.589. The molecule has 0 aliphatic carbocycles. The van der Waals surface area contributed by atoms with Crippen molar-refractivity contribution in [1.29, 1.82) is 0 Å². The maximum absolute atomic E-state index is 11.4. The molecule has 2 rings (SSSR count). The van der Waals surface area contributed by atoms with Crippen LogP contribution in [-0.2, 0) is 11.2 Å². The number of fused-ring (bicyclic) bond motifs is 1. The van der Waals surface area contributed by atoms with Gasteiger partial charge in [-0.2, -0.15) is 0 Å². The Bertz CT molecular complexity index is 382. The van der Waals surface area contributed by atoms with Gasteiger partial charge in [-0.3, -0.25) is 4.79 Å². The predicted octanol–water partition coefficient (Wildman–Crippen LogP) is 1.82. The van der Waals surface area contributed by atoms with Crippen LogP contribution >= 0.6 is 0 Å². The lowest BCUT2D eigenvalue weighted by Crippen LogP contribution is -2.21. The van der Waals surface area contributed by atoms with Gasteiger partial charge in [0.2, 0.25) is 5.91 Å². The van der Waals surface area contributed by atoms with Crippen LogP contribution in [0.5, 0.6) is 0 Å². The smallest absolute Gasteiger partial charge is 0.231 e. The highest BCUT2D eigenvalue weighted by molar-refractivity contribution is 6.01. The van der Waals surface area contributed by atoms with Gasteiger partial charge in [-0.05, 0) is 25.0 Å². The minimum absolute atomic E-state index is 0.198. The van der Waals surface area contributed by atoms with E-state index >= 15 is 0 Å². The topological polar surface area (TPSA) is 20.3 Å². The molecule has 1 aromatic carbocycles. The monoisotopic (exact) mass is 175 g/mol. The first-order chi connectivity index (χ1) is 6.09. The summed E-state index contributed by atoms with van der Waals surface area (Å²) in [6.07, 6.45) is 0.564. The van der Waals surface area contributed by atoms with E-state index in [4.69, 9.17) is 0 Å². The minimum Gasteiger partial charge on any atom is -0.315 e. The van der Waals surface area contributed by atoms with E-state index in [0.29, 0.717) is 6.42 Å². The summed E-state index contributed by atoms with van der Waals surface area (Å²) in [5.41, 5.74) is 4.71. The molecular weight excluding hydrogens is 162 g/mol. The molecule has 0 unspecified atom stereocenters. The molecule has 1 heterocycles. The molecule has 1 aromatic rings. The summed E-state index contributed by atoms with van der Waals surface area (Å²) >= 11 is 0. The molecule has 0 saturated heterocycles. The van der Waals surface area contributed by atoms with Crippen molar-refractivity contribution in [3.05, 3.63) is 28.8 Å². The van der Waals surface area contributed by atoms with Crippen LogP contribution in [-0.4, -0.2) is 13.0 Å². The molecule has 2 heteroatoms. The van der Waals surface area contributed by atoms with Crippen molar-refractivity contribution in [2.45, 2.75) is 20.3 Å². The van der Waals surface area contributed by atoms with Crippen molar-refractivity contribution in [3.8, 4) is 0 Å². The molecule has 2 nitrogen and oxygen atoms in total. The second-order valence-electron chi connectivity index (χ2n) is 3.72. The van der Waals surface area contributed by atoms with Crippen molar-refractivity contribution in [1.82, 2.24) is 0 Å². The molecule has 0 N–H and O–H groups in total. The molecule has 0 fully saturated rings. The number of nitrogens with zero attached hydrogens (tertiary/aromatic N) is 1. The van der Waals surface area contributed by atoms with Crippen molar-refractivity contribution in [2.24, 2.45) is 0 Å². The summed E-state index contributed by atoms with van der Waals surface area (Å²) in [7, 11) is 1.84. The van der Waals surface area contributed by atoms with Crippen LogP contribution in [0.15, 0.2) is 12.1 Å². The number of amides is 1. The number of aryl methyl sites for hydroxylation is 2. The van der Waals surface area contributed by atoms with E-state index in [-0.39, 0.29) is 5.91 Å². The summed E-state index contributed by atoms with van der Waals surface area (Å²) in [5, 5.41) is 0. The molecule has 68 valence electrons. The van der Waals surface area contributed by atoms with Gasteiger partial charge in [0, 0.05) is 12.7 Å². The average Bonchev–Trinajstić information content (AvgIpc) is 2.27. The molecular formula is C11H13NO. The first-order valence-corrected chi connectivity index (χ1v) is 4.46. The molecule has 0 aromatic heterocycles. The lowest BCUT2D eigenvalue weighted by molar-refractivity contribution is -0.117. The fourth-order valence-electron chi connectivity index (χ4n) is 2.07. The number of hydrogen-bond acceptors (Lipinski definition) is 1. The first-order valence-electron chi connectivity index (χ1n) is 4.46. The van der Waals surface area contributed by atoms with Crippen LogP contribution in [0.2, 0.25) is 0 Å². The normalized spacial score (nSPS) is 15.0. The number of carbonyl (C=O) groups excluding carboxylic acids is 1. The van der Waals surface area contributed by atoms with Crippen molar-refractivity contribution < 1.29 is 4.79 Å². The van der Waals surface area contributed by atoms with E-state index in [2.05, 4.69) is 26.0 Å². The van der Waals surface area contributed by atoms with Gasteiger partial charge >= 0.3 is 0 Å². The van der Waals surface area contributed by atoms with Crippen LogP contribution < -0.4 is 4.90 Å². The number of carbonyl (C=O) groups is 1. The van der Waals surface area contributed by atoms with Gasteiger partial charge in [-0.15, -0.1) is 0 Å². The molecule has 0 spiro atoms. The lowest BCUT2D eigenvalue weighted by Gasteiger charge is -2.13. The Morgan fingerprint density at radius 3 is 2.69 bits per heavy atom. The van der Waals surface area contributed by atoms with Crippen molar-refractivity contribution in [2.75, 3.05) is 11.9 Å².